The molecule has 0 rings (SSSR count). The zero-order valence-corrected chi connectivity index (χ0v) is 13.6. The standard InChI is InChI=1S/C14H25N3O5/c1-7(2)6-11(14(21)22)17-13(20)9(4)16-12(19)8(3)15-10(5)18/h7-9,11H,6H2,1-5H3,(H,15,18)(H,16,19)(H,17,20)(H,21,22). The lowest BCUT2D eigenvalue weighted by atomic mass is 10.0. The number of nitrogens with one attached hydrogen (secondary N) is 3. The van der Waals surface area contributed by atoms with E-state index in [1.165, 1.54) is 20.8 Å². The second-order valence-electron chi connectivity index (χ2n) is 5.68. The van der Waals surface area contributed by atoms with Crippen LogP contribution in [0.25, 0.3) is 0 Å². The smallest absolute Gasteiger partial charge is 0.326 e. The highest BCUT2D eigenvalue weighted by Crippen LogP contribution is 2.05. The van der Waals surface area contributed by atoms with Gasteiger partial charge in [-0.05, 0) is 26.2 Å². The topological polar surface area (TPSA) is 125 Å². The van der Waals surface area contributed by atoms with Crippen LogP contribution in [0.4, 0.5) is 0 Å². The summed E-state index contributed by atoms with van der Waals surface area (Å²) in [5.74, 6) is -2.48. The molecule has 0 spiro atoms. The van der Waals surface area contributed by atoms with E-state index in [-0.39, 0.29) is 11.8 Å². The molecule has 22 heavy (non-hydrogen) atoms. The molecule has 0 heterocycles. The number of rotatable bonds is 8. The summed E-state index contributed by atoms with van der Waals surface area (Å²) in [6.07, 6.45) is 0.296. The zero-order valence-electron chi connectivity index (χ0n) is 13.6. The first-order chi connectivity index (χ1) is 10.0. The minimum Gasteiger partial charge on any atom is -0.480 e. The third kappa shape index (κ3) is 7.61. The monoisotopic (exact) mass is 315 g/mol. The number of aliphatic carboxylic acids is 1. The van der Waals surface area contributed by atoms with Crippen molar-refractivity contribution in [1.82, 2.24) is 16.0 Å². The summed E-state index contributed by atoms with van der Waals surface area (Å²) in [6, 6.07) is -2.68. The van der Waals surface area contributed by atoms with Crippen molar-refractivity contribution in [2.45, 2.75) is 59.2 Å². The molecular formula is C14H25N3O5. The van der Waals surface area contributed by atoms with Crippen LogP contribution in [0.15, 0.2) is 0 Å². The van der Waals surface area contributed by atoms with Gasteiger partial charge in [0, 0.05) is 6.92 Å². The molecule has 8 heteroatoms. The molecule has 8 nitrogen and oxygen atoms in total. The van der Waals surface area contributed by atoms with Crippen molar-refractivity contribution in [3.05, 3.63) is 0 Å². The lowest BCUT2D eigenvalue weighted by molar-refractivity contribution is -0.142. The van der Waals surface area contributed by atoms with Gasteiger partial charge in [-0.25, -0.2) is 4.79 Å². The van der Waals surface area contributed by atoms with Crippen LogP contribution in [-0.2, 0) is 19.2 Å². The average molecular weight is 315 g/mol. The fraction of sp³-hybridized carbons (Fsp3) is 0.714. The van der Waals surface area contributed by atoms with E-state index in [0.29, 0.717) is 6.42 Å². The van der Waals surface area contributed by atoms with E-state index in [4.69, 9.17) is 5.11 Å². The predicted octanol–water partition coefficient (Wildman–Crippen LogP) is -0.369. The van der Waals surface area contributed by atoms with Crippen LogP contribution in [-0.4, -0.2) is 46.9 Å². The first kappa shape index (κ1) is 19.9. The molecule has 0 saturated carbocycles. The van der Waals surface area contributed by atoms with Crippen LogP contribution in [0.5, 0.6) is 0 Å². The average Bonchev–Trinajstić information content (AvgIpc) is 2.35. The van der Waals surface area contributed by atoms with Crippen LogP contribution < -0.4 is 16.0 Å². The molecule has 0 aliphatic carbocycles. The predicted molar refractivity (Wildman–Crippen MR) is 79.9 cm³/mol. The van der Waals surface area contributed by atoms with Gasteiger partial charge in [-0.2, -0.15) is 0 Å². The van der Waals surface area contributed by atoms with Crippen LogP contribution >= 0.6 is 0 Å². The quantitative estimate of drug-likeness (QED) is 0.486. The Morgan fingerprint density at radius 1 is 0.864 bits per heavy atom. The summed E-state index contributed by atoms with van der Waals surface area (Å²) in [6.45, 7) is 7.91. The maximum absolute atomic E-state index is 11.9. The number of amides is 3. The van der Waals surface area contributed by atoms with Crippen LogP contribution in [0.1, 0.15) is 41.0 Å². The molecule has 0 aromatic rings. The zero-order chi connectivity index (χ0) is 17.4. The molecule has 3 unspecified atom stereocenters. The molecule has 0 aromatic carbocycles. The van der Waals surface area contributed by atoms with Crippen LogP contribution in [0, 0.1) is 5.92 Å². The third-order valence-corrected chi connectivity index (χ3v) is 2.89. The molecule has 0 aliphatic heterocycles. The summed E-state index contributed by atoms with van der Waals surface area (Å²) in [5.41, 5.74) is 0. The molecule has 126 valence electrons. The Morgan fingerprint density at radius 2 is 1.32 bits per heavy atom. The van der Waals surface area contributed by atoms with Gasteiger partial charge in [0.05, 0.1) is 0 Å². The lowest BCUT2D eigenvalue weighted by Crippen LogP contribution is -2.54. The number of hydrogen-bond donors (Lipinski definition) is 4. The highest BCUT2D eigenvalue weighted by Gasteiger charge is 2.25. The number of carbonyl (C=O) groups excluding carboxylic acids is 3. The van der Waals surface area contributed by atoms with E-state index in [1.54, 1.807) is 0 Å². The van der Waals surface area contributed by atoms with Gasteiger partial charge in [-0.15, -0.1) is 0 Å². The molecular weight excluding hydrogens is 290 g/mol. The van der Waals surface area contributed by atoms with Gasteiger partial charge in [0.15, 0.2) is 0 Å². The van der Waals surface area contributed by atoms with Crippen LogP contribution in [0.3, 0.4) is 0 Å². The second kappa shape index (κ2) is 9.01. The molecule has 0 bridgehead atoms. The van der Waals surface area contributed by atoms with Gasteiger partial charge in [0.2, 0.25) is 17.7 Å². The molecule has 3 atom stereocenters. The second-order valence-corrected chi connectivity index (χ2v) is 5.68. The van der Waals surface area contributed by atoms with E-state index < -0.39 is 35.9 Å². The van der Waals surface area contributed by atoms with E-state index in [1.807, 2.05) is 13.8 Å². The van der Waals surface area contributed by atoms with E-state index >= 15 is 0 Å². The molecule has 3 amide bonds. The van der Waals surface area contributed by atoms with Crippen molar-refractivity contribution in [2.24, 2.45) is 5.92 Å². The number of carboxylic acid groups (broad SMARTS) is 1. The lowest BCUT2D eigenvalue weighted by Gasteiger charge is -2.21. The summed E-state index contributed by atoms with van der Waals surface area (Å²) in [4.78, 5) is 45.7. The highest BCUT2D eigenvalue weighted by atomic mass is 16.4. The van der Waals surface area contributed by atoms with E-state index in [0.717, 1.165) is 0 Å². The Balaban J connectivity index is 4.55. The SMILES string of the molecule is CC(=O)NC(C)C(=O)NC(C)C(=O)NC(CC(C)C)C(=O)O. The fourth-order valence-corrected chi connectivity index (χ4v) is 1.76. The van der Waals surface area contributed by atoms with E-state index in [2.05, 4.69) is 16.0 Å². The molecule has 0 saturated heterocycles. The molecule has 0 aliphatic rings. The summed E-state index contributed by atoms with van der Waals surface area (Å²) < 4.78 is 0. The van der Waals surface area contributed by atoms with Gasteiger partial charge < -0.3 is 21.1 Å². The highest BCUT2D eigenvalue weighted by molar-refractivity contribution is 5.92. The Kier molecular flexibility index (Phi) is 8.14. The minimum absolute atomic E-state index is 0.103. The molecule has 0 fully saturated rings. The van der Waals surface area contributed by atoms with Crippen molar-refractivity contribution >= 4 is 23.7 Å². The molecule has 0 aromatic heterocycles. The minimum atomic E-state index is -1.12. The molecule has 4 N–H and O–H groups in total. The summed E-state index contributed by atoms with van der Waals surface area (Å²) >= 11 is 0. The molecule has 0 radical (unpaired) electrons. The summed E-state index contributed by atoms with van der Waals surface area (Å²) in [5, 5.41) is 16.3. The van der Waals surface area contributed by atoms with Gasteiger partial charge in [-0.1, -0.05) is 13.8 Å². The van der Waals surface area contributed by atoms with Gasteiger partial charge in [0.25, 0.3) is 0 Å². The summed E-state index contributed by atoms with van der Waals surface area (Å²) in [7, 11) is 0. The Hall–Kier alpha value is -2.12. The van der Waals surface area contributed by atoms with Crippen molar-refractivity contribution in [1.29, 1.82) is 0 Å². The Bertz CT molecular complexity index is 436. The maximum Gasteiger partial charge on any atom is 0.326 e. The van der Waals surface area contributed by atoms with Gasteiger partial charge in [-0.3, -0.25) is 14.4 Å². The van der Waals surface area contributed by atoms with Gasteiger partial charge >= 0.3 is 5.97 Å². The number of hydrogen-bond acceptors (Lipinski definition) is 4. The van der Waals surface area contributed by atoms with Crippen molar-refractivity contribution in [3.63, 3.8) is 0 Å². The Morgan fingerprint density at radius 3 is 1.73 bits per heavy atom. The van der Waals surface area contributed by atoms with Crippen molar-refractivity contribution in [3.8, 4) is 0 Å². The number of carbonyl (C=O) groups is 4. The first-order valence-corrected chi connectivity index (χ1v) is 7.15. The third-order valence-electron chi connectivity index (χ3n) is 2.89. The van der Waals surface area contributed by atoms with Crippen molar-refractivity contribution in [2.75, 3.05) is 0 Å². The Labute approximate surface area is 130 Å². The van der Waals surface area contributed by atoms with Crippen LogP contribution in [0.2, 0.25) is 0 Å². The van der Waals surface area contributed by atoms with E-state index in [9.17, 15) is 19.2 Å². The number of carboxylic acids is 1. The van der Waals surface area contributed by atoms with Crippen molar-refractivity contribution < 1.29 is 24.3 Å². The largest absolute Gasteiger partial charge is 0.480 e. The first-order valence-electron chi connectivity index (χ1n) is 7.15. The fourth-order valence-electron chi connectivity index (χ4n) is 1.76. The van der Waals surface area contributed by atoms with Gasteiger partial charge in [0.1, 0.15) is 18.1 Å². The maximum atomic E-state index is 11.9. The normalized spacial score (nSPS) is 14.6.